The number of rotatable bonds is 8. The number of carbonyl (C=O) groups excluding carboxylic acids is 1. The number of hydrogen-bond acceptors (Lipinski definition) is 9. The molecule has 0 unspecified atom stereocenters. The molecule has 10 nitrogen and oxygen atoms in total. The number of sulfone groups is 1. The van der Waals surface area contributed by atoms with Crippen molar-refractivity contribution < 1.29 is 31.1 Å². The van der Waals surface area contributed by atoms with Gasteiger partial charge in [0.05, 0.1) is 23.1 Å². The van der Waals surface area contributed by atoms with E-state index in [1.165, 1.54) is 18.3 Å². The smallest absolute Gasteiger partial charge is 0.388 e. The van der Waals surface area contributed by atoms with Gasteiger partial charge in [-0.1, -0.05) is 25.0 Å². The number of carbonyl (C=O) groups is 1. The lowest BCUT2D eigenvalue weighted by molar-refractivity contribution is -0.127. The Morgan fingerprint density at radius 3 is 2.42 bits per heavy atom. The molecule has 1 aliphatic heterocycles. The summed E-state index contributed by atoms with van der Waals surface area (Å²) in [6, 6.07) is 12.7. The van der Waals surface area contributed by atoms with Gasteiger partial charge in [0.25, 0.3) is 0 Å². The van der Waals surface area contributed by atoms with E-state index < -0.39 is 27.9 Å². The first-order chi connectivity index (χ1) is 20.7. The number of nitriles is 1. The Hall–Kier alpha value is -4.05. The quantitative estimate of drug-likeness (QED) is 0.385. The van der Waals surface area contributed by atoms with E-state index in [-0.39, 0.29) is 35.1 Å². The van der Waals surface area contributed by atoms with Crippen LogP contribution in [-0.4, -0.2) is 61.0 Å². The van der Waals surface area contributed by atoms with Crippen LogP contribution in [0.2, 0.25) is 0 Å². The Balaban J connectivity index is 1.34. The van der Waals surface area contributed by atoms with Gasteiger partial charge in [0, 0.05) is 48.4 Å². The van der Waals surface area contributed by atoms with Crippen LogP contribution in [0, 0.1) is 17.2 Å². The van der Waals surface area contributed by atoms with Crippen LogP contribution >= 0.6 is 0 Å². The minimum absolute atomic E-state index is 0.110. The van der Waals surface area contributed by atoms with E-state index in [0.717, 1.165) is 24.1 Å². The van der Waals surface area contributed by atoms with E-state index in [0.29, 0.717) is 55.8 Å². The van der Waals surface area contributed by atoms with Crippen LogP contribution in [0.15, 0.2) is 47.0 Å². The fourth-order valence-corrected chi connectivity index (χ4v) is 7.06. The summed E-state index contributed by atoms with van der Waals surface area (Å²) in [5.74, 6) is -0.110. The topological polar surface area (TPSA) is 138 Å². The third kappa shape index (κ3) is 6.34. The molecule has 3 aromatic rings. The lowest BCUT2D eigenvalue weighted by Crippen LogP contribution is -2.42. The summed E-state index contributed by atoms with van der Waals surface area (Å²) >= 11 is 0. The highest BCUT2D eigenvalue weighted by Crippen LogP contribution is 2.45. The van der Waals surface area contributed by atoms with Crippen LogP contribution in [0.1, 0.15) is 50.2 Å². The lowest BCUT2D eigenvalue weighted by atomic mass is 9.76. The molecule has 2 aliphatic carbocycles. The van der Waals surface area contributed by atoms with E-state index in [1.54, 1.807) is 0 Å². The van der Waals surface area contributed by atoms with Gasteiger partial charge in [0.1, 0.15) is 17.0 Å². The molecule has 0 radical (unpaired) electrons. The van der Waals surface area contributed by atoms with Gasteiger partial charge in [0.2, 0.25) is 17.7 Å². The van der Waals surface area contributed by atoms with E-state index >= 15 is 0 Å². The van der Waals surface area contributed by atoms with E-state index in [1.807, 2.05) is 29.2 Å². The fraction of sp³-hybridized carbons (Fsp3) is 0.467. The summed E-state index contributed by atoms with van der Waals surface area (Å²) in [6.07, 6.45) is 5.73. The predicted octanol–water partition coefficient (Wildman–Crippen LogP) is 4.69. The second-order valence-corrected chi connectivity index (χ2v) is 13.7. The SMILES string of the molecule is N#CC1(NC(=O)[C@@H]2CCCC[C@H]2c2oc(-c3ccc(OC(F)F)nc3)nc2-c2ccc(N3CCS(=O)(=O)CC3)cc2)CC1. The maximum Gasteiger partial charge on any atom is 0.388 e. The third-order valence-electron chi connectivity index (χ3n) is 8.46. The maximum atomic E-state index is 13.5. The lowest BCUT2D eigenvalue weighted by Gasteiger charge is -2.30. The van der Waals surface area contributed by atoms with Gasteiger partial charge >= 0.3 is 6.61 Å². The minimum Gasteiger partial charge on any atom is -0.440 e. The van der Waals surface area contributed by atoms with Crippen molar-refractivity contribution in [2.45, 2.75) is 56.6 Å². The van der Waals surface area contributed by atoms with Gasteiger partial charge in [-0.25, -0.2) is 18.4 Å². The molecule has 1 aromatic carbocycles. The zero-order valence-corrected chi connectivity index (χ0v) is 24.2. The zero-order chi connectivity index (χ0) is 30.2. The Kier molecular flexibility index (Phi) is 7.81. The van der Waals surface area contributed by atoms with Crippen molar-refractivity contribution in [1.82, 2.24) is 15.3 Å². The van der Waals surface area contributed by atoms with E-state index in [2.05, 4.69) is 21.1 Å². The van der Waals surface area contributed by atoms with E-state index in [4.69, 9.17) is 9.40 Å². The average molecular weight is 612 g/mol. The van der Waals surface area contributed by atoms with Crippen LogP contribution in [-0.2, 0) is 14.6 Å². The Labute approximate surface area is 248 Å². The molecule has 226 valence electrons. The van der Waals surface area contributed by atoms with Crippen molar-refractivity contribution in [3.8, 4) is 34.7 Å². The van der Waals surface area contributed by atoms with Crippen LogP contribution in [0.4, 0.5) is 14.5 Å². The highest BCUT2D eigenvalue weighted by atomic mass is 32.2. The van der Waals surface area contributed by atoms with Crippen LogP contribution < -0.4 is 15.0 Å². The number of oxazole rings is 1. The largest absolute Gasteiger partial charge is 0.440 e. The first kappa shape index (κ1) is 29.0. The molecular formula is C30H31F2N5O5S. The van der Waals surface area contributed by atoms with Crippen molar-refractivity contribution in [2.24, 2.45) is 5.92 Å². The number of halogens is 2. The normalized spacial score (nSPS) is 22.5. The minimum atomic E-state index is -3.01. The highest BCUT2D eigenvalue weighted by Gasteiger charge is 2.47. The molecule has 1 amide bonds. The summed E-state index contributed by atoms with van der Waals surface area (Å²) in [5, 5.41) is 12.5. The predicted molar refractivity (Wildman–Crippen MR) is 153 cm³/mol. The number of hydrogen-bond donors (Lipinski definition) is 1. The standard InChI is InChI=1S/C30H31F2N5O5S/c31-29(32)41-24-10-7-20(17-34-24)28-35-25(19-5-8-21(9-6-19)37-13-15-43(39,40)16-14-37)26(42-28)22-3-1-2-4-23(22)27(38)36-30(18-33)11-12-30/h5-10,17,22-23,29H,1-4,11-16H2,(H,36,38)/t22-,23-/m1/s1. The monoisotopic (exact) mass is 611 g/mol. The second kappa shape index (κ2) is 11.6. The van der Waals surface area contributed by atoms with Crippen LogP contribution in [0.3, 0.4) is 0 Å². The summed E-state index contributed by atoms with van der Waals surface area (Å²) in [4.78, 5) is 24.2. The fourth-order valence-electron chi connectivity index (χ4n) is 5.86. The van der Waals surface area contributed by atoms with Crippen molar-refractivity contribution >= 4 is 21.4 Å². The number of alkyl halides is 2. The van der Waals surface area contributed by atoms with Gasteiger partial charge in [0.15, 0.2) is 9.84 Å². The van der Waals surface area contributed by atoms with E-state index in [9.17, 15) is 27.3 Å². The van der Waals surface area contributed by atoms with Gasteiger partial charge < -0.3 is 19.4 Å². The first-order valence-corrected chi connectivity index (χ1v) is 16.2. The van der Waals surface area contributed by atoms with Crippen molar-refractivity contribution in [3.63, 3.8) is 0 Å². The van der Waals surface area contributed by atoms with Crippen molar-refractivity contribution in [2.75, 3.05) is 29.5 Å². The average Bonchev–Trinajstić information content (AvgIpc) is 3.64. The molecule has 13 heteroatoms. The zero-order valence-electron chi connectivity index (χ0n) is 23.3. The molecule has 3 aliphatic rings. The number of nitrogens with one attached hydrogen (secondary N) is 1. The number of benzene rings is 1. The highest BCUT2D eigenvalue weighted by molar-refractivity contribution is 7.91. The number of ether oxygens (including phenoxy) is 1. The summed E-state index contributed by atoms with van der Waals surface area (Å²) in [5.41, 5.74) is 1.87. The number of nitrogens with zero attached hydrogens (tertiary/aromatic N) is 4. The van der Waals surface area contributed by atoms with Crippen molar-refractivity contribution in [1.29, 1.82) is 5.26 Å². The molecular weight excluding hydrogens is 580 g/mol. The third-order valence-corrected chi connectivity index (χ3v) is 10.1. The number of pyridine rings is 1. The molecule has 3 heterocycles. The summed E-state index contributed by atoms with van der Waals surface area (Å²) in [7, 11) is -3.01. The van der Waals surface area contributed by atoms with Crippen LogP contribution in [0.25, 0.3) is 22.7 Å². The molecule has 0 bridgehead atoms. The number of amides is 1. The summed E-state index contributed by atoms with van der Waals surface area (Å²) < 4.78 is 59.8. The number of aromatic nitrogens is 2. The van der Waals surface area contributed by atoms with Gasteiger partial charge in [-0.3, -0.25) is 4.79 Å². The molecule has 1 N–H and O–H groups in total. The molecule has 6 rings (SSSR count). The molecule has 3 fully saturated rings. The molecule has 2 atom stereocenters. The molecule has 2 aromatic heterocycles. The van der Waals surface area contributed by atoms with Gasteiger partial charge in [-0.05, 0) is 43.9 Å². The first-order valence-electron chi connectivity index (χ1n) is 14.4. The Morgan fingerprint density at radius 1 is 1.09 bits per heavy atom. The van der Waals surface area contributed by atoms with Crippen molar-refractivity contribution in [3.05, 3.63) is 48.4 Å². The second-order valence-electron chi connectivity index (χ2n) is 11.4. The molecule has 2 saturated carbocycles. The maximum absolute atomic E-state index is 13.5. The van der Waals surface area contributed by atoms with Gasteiger partial charge in [-0.2, -0.15) is 14.0 Å². The number of anilines is 1. The molecule has 43 heavy (non-hydrogen) atoms. The molecule has 1 saturated heterocycles. The Morgan fingerprint density at radius 2 is 1.79 bits per heavy atom. The summed E-state index contributed by atoms with van der Waals surface area (Å²) in [6.45, 7) is -2.16. The van der Waals surface area contributed by atoms with Gasteiger partial charge in [-0.15, -0.1) is 0 Å². The molecule has 0 spiro atoms. The Bertz CT molecular complexity index is 1620. The van der Waals surface area contributed by atoms with Crippen LogP contribution in [0.5, 0.6) is 5.88 Å².